The van der Waals surface area contributed by atoms with Crippen LogP contribution >= 0.6 is 0 Å². The van der Waals surface area contributed by atoms with Crippen molar-refractivity contribution in [3.05, 3.63) is 24.3 Å². The van der Waals surface area contributed by atoms with Gasteiger partial charge in [-0.1, -0.05) is 112 Å². The van der Waals surface area contributed by atoms with Gasteiger partial charge in [-0.15, -0.1) is 0 Å². The predicted octanol–water partition coefficient (Wildman–Crippen LogP) is 9.47. The highest BCUT2D eigenvalue weighted by Crippen LogP contribution is 2.38. The fourth-order valence-corrected chi connectivity index (χ4v) is 4.65. The molecule has 0 spiro atoms. The van der Waals surface area contributed by atoms with Crippen LogP contribution in [0.5, 0.6) is 0 Å². The van der Waals surface area contributed by atoms with Gasteiger partial charge in [0.05, 0.1) is 0 Å². The van der Waals surface area contributed by atoms with E-state index in [0.717, 1.165) is 11.8 Å². The SMILES string of the molecule is C=C(C(C)CC)C(C)CCCC(C)C(C)C(=C)C(C)C1CCCCC1.CC. The van der Waals surface area contributed by atoms with Gasteiger partial charge in [0, 0.05) is 0 Å². The molecule has 5 atom stereocenters. The summed E-state index contributed by atoms with van der Waals surface area (Å²) in [4.78, 5) is 0. The first-order chi connectivity index (χ1) is 12.8. The highest BCUT2D eigenvalue weighted by atomic mass is 14.3. The molecule has 27 heavy (non-hydrogen) atoms. The van der Waals surface area contributed by atoms with E-state index in [4.69, 9.17) is 0 Å². The second kappa shape index (κ2) is 14.5. The summed E-state index contributed by atoms with van der Waals surface area (Å²) in [7, 11) is 0. The van der Waals surface area contributed by atoms with Crippen molar-refractivity contribution in [2.75, 3.05) is 0 Å². The zero-order valence-corrected chi connectivity index (χ0v) is 20.2. The van der Waals surface area contributed by atoms with Crippen LogP contribution in [0.3, 0.4) is 0 Å². The highest BCUT2D eigenvalue weighted by Gasteiger charge is 2.26. The molecule has 5 unspecified atom stereocenters. The Morgan fingerprint density at radius 3 is 1.89 bits per heavy atom. The van der Waals surface area contributed by atoms with Gasteiger partial charge in [0.2, 0.25) is 0 Å². The van der Waals surface area contributed by atoms with E-state index < -0.39 is 0 Å². The zero-order valence-electron chi connectivity index (χ0n) is 20.2. The monoisotopic (exact) mass is 376 g/mol. The molecular weight excluding hydrogens is 324 g/mol. The van der Waals surface area contributed by atoms with Crippen molar-refractivity contribution in [3.63, 3.8) is 0 Å². The van der Waals surface area contributed by atoms with Crippen molar-refractivity contribution in [3.8, 4) is 0 Å². The Morgan fingerprint density at radius 2 is 1.37 bits per heavy atom. The molecule has 0 radical (unpaired) electrons. The highest BCUT2D eigenvalue weighted by molar-refractivity contribution is 5.07. The van der Waals surface area contributed by atoms with Gasteiger partial charge in [-0.2, -0.15) is 0 Å². The molecule has 1 saturated carbocycles. The third-order valence-electron chi connectivity index (χ3n) is 7.56. The Hall–Kier alpha value is -0.520. The molecule has 0 N–H and O–H groups in total. The summed E-state index contributed by atoms with van der Waals surface area (Å²) < 4.78 is 0. The van der Waals surface area contributed by atoms with Crippen LogP contribution in [0.4, 0.5) is 0 Å². The van der Waals surface area contributed by atoms with Crippen LogP contribution in [-0.2, 0) is 0 Å². The Morgan fingerprint density at radius 1 is 0.815 bits per heavy atom. The molecule has 160 valence electrons. The lowest BCUT2D eigenvalue weighted by atomic mass is 9.72. The third-order valence-corrected chi connectivity index (χ3v) is 7.56. The molecule has 0 aliphatic heterocycles. The van der Waals surface area contributed by atoms with Crippen molar-refractivity contribution < 1.29 is 0 Å². The fourth-order valence-electron chi connectivity index (χ4n) is 4.65. The molecule has 1 aliphatic rings. The first-order valence-corrected chi connectivity index (χ1v) is 12.2. The minimum atomic E-state index is 0.657. The second-order valence-electron chi connectivity index (χ2n) is 9.24. The van der Waals surface area contributed by atoms with Gasteiger partial charge in [0.1, 0.15) is 0 Å². The third kappa shape index (κ3) is 9.01. The normalized spacial score (nSPS) is 20.6. The summed E-state index contributed by atoms with van der Waals surface area (Å²) >= 11 is 0. The molecule has 0 nitrogen and oxygen atoms in total. The van der Waals surface area contributed by atoms with Crippen molar-refractivity contribution in [2.45, 2.75) is 113 Å². The maximum absolute atomic E-state index is 4.54. The van der Waals surface area contributed by atoms with Gasteiger partial charge in [-0.05, 0) is 61.2 Å². The smallest absolute Gasteiger partial charge is 0.0203 e. The van der Waals surface area contributed by atoms with Crippen LogP contribution in [0.25, 0.3) is 0 Å². The van der Waals surface area contributed by atoms with Gasteiger partial charge < -0.3 is 0 Å². The van der Waals surface area contributed by atoms with E-state index in [2.05, 4.69) is 54.7 Å². The van der Waals surface area contributed by atoms with E-state index >= 15 is 0 Å². The molecule has 1 rings (SSSR count). The maximum atomic E-state index is 4.54. The lowest BCUT2D eigenvalue weighted by Gasteiger charge is -2.33. The summed E-state index contributed by atoms with van der Waals surface area (Å²) in [6, 6.07) is 0. The second-order valence-corrected chi connectivity index (χ2v) is 9.24. The maximum Gasteiger partial charge on any atom is -0.0203 e. The molecule has 0 heteroatoms. The molecule has 0 saturated heterocycles. The molecule has 0 aromatic carbocycles. The number of hydrogen-bond acceptors (Lipinski definition) is 0. The number of rotatable bonds is 11. The van der Waals surface area contributed by atoms with Gasteiger partial charge in [-0.25, -0.2) is 0 Å². The van der Waals surface area contributed by atoms with E-state index in [0.29, 0.717) is 23.7 Å². The first-order valence-electron chi connectivity index (χ1n) is 12.2. The van der Waals surface area contributed by atoms with Crippen LogP contribution in [0, 0.1) is 35.5 Å². The summed E-state index contributed by atoms with van der Waals surface area (Å²) in [5, 5.41) is 0. The minimum Gasteiger partial charge on any atom is -0.0993 e. The van der Waals surface area contributed by atoms with Gasteiger partial charge in [0.25, 0.3) is 0 Å². The molecule has 0 aromatic rings. The minimum absolute atomic E-state index is 0.657. The van der Waals surface area contributed by atoms with Crippen molar-refractivity contribution >= 4 is 0 Å². The van der Waals surface area contributed by atoms with Crippen LogP contribution < -0.4 is 0 Å². The molecule has 1 aliphatic carbocycles. The lowest BCUT2D eigenvalue weighted by molar-refractivity contribution is 0.263. The molecule has 0 aromatic heterocycles. The Kier molecular flexibility index (Phi) is 14.2. The molecular formula is C27H52. The average molecular weight is 377 g/mol. The number of allylic oxidation sites excluding steroid dienone is 2. The van der Waals surface area contributed by atoms with E-state index in [1.165, 1.54) is 68.9 Å². The van der Waals surface area contributed by atoms with Gasteiger partial charge in [0.15, 0.2) is 0 Å². The van der Waals surface area contributed by atoms with E-state index in [9.17, 15) is 0 Å². The van der Waals surface area contributed by atoms with E-state index in [1.807, 2.05) is 13.8 Å². The molecule has 0 heterocycles. The van der Waals surface area contributed by atoms with Crippen molar-refractivity contribution in [2.24, 2.45) is 35.5 Å². The molecule has 0 bridgehead atoms. The zero-order chi connectivity index (χ0) is 21.0. The standard InChI is InChI=1S/C25H46.C2H6/c1-9-18(2)21(5)19(3)14-13-15-20(4)22(6)23(7)24(8)25-16-11-10-12-17-25;1-2/h18-20,22,24-25H,5,7,9-17H2,1-4,6,8H3;1-2H3. The van der Waals surface area contributed by atoms with E-state index in [-0.39, 0.29) is 0 Å². The quantitative estimate of drug-likeness (QED) is 0.315. The van der Waals surface area contributed by atoms with Crippen molar-refractivity contribution in [1.82, 2.24) is 0 Å². The topological polar surface area (TPSA) is 0 Å². The summed E-state index contributed by atoms with van der Waals surface area (Å²) in [5.41, 5.74) is 2.98. The lowest BCUT2D eigenvalue weighted by Crippen LogP contribution is -2.22. The summed E-state index contributed by atoms with van der Waals surface area (Å²) in [6.45, 7) is 27.2. The van der Waals surface area contributed by atoms with Crippen LogP contribution in [0.1, 0.15) is 113 Å². The first kappa shape index (κ1) is 26.5. The van der Waals surface area contributed by atoms with Crippen LogP contribution in [0.2, 0.25) is 0 Å². The molecule has 0 amide bonds. The largest absolute Gasteiger partial charge is 0.0993 e. The van der Waals surface area contributed by atoms with Gasteiger partial charge >= 0.3 is 0 Å². The van der Waals surface area contributed by atoms with Crippen LogP contribution in [0.15, 0.2) is 24.3 Å². The van der Waals surface area contributed by atoms with E-state index in [1.54, 1.807) is 0 Å². The Balaban J connectivity index is 0.00000326. The predicted molar refractivity (Wildman–Crippen MR) is 126 cm³/mol. The fraction of sp³-hybridized carbons (Fsp3) is 0.852. The number of hydrogen-bond donors (Lipinski definition) is 0. The Labute approximate surface area is 173 Å². The van der Waals surface area contributed by atoms with Crippen LogP contribution in [-0.4, -0.2) is 0 Å². The average Bonchev–Trinajstić information content (AvgIpc) is 2.72. The van der Waals surface area contributed by atoms with Gasteiger partial charge in [-0.3, -0.25) is 0 Å². The van der Waals surface area contributed by atoms with Crippen molar-refractivity contribution in [1.29, 1.82) is 0 Å². The molecule has 1 fully saturated rings. The Bertz CT molecular complexity index is 398. The summed E-state index contributed by atoms with van der Waals surface area (Å²) in [5.74, 6) is 4.36. The summed E-state index contributed by atoms with van der Waals surface area (Å²) in [6.07, 6.45) is 12.3.